The normalized spacial score (nSPS) is 13.5. The van der Waals surface area contributed by atoms with E-state index in [1.807, 2.05) is 0 Å². The number of ether oxygens (including phenoxy) is 1. The van der Waals surface area contributed by atoms with Crippen LogP contribution < -0.4 is 5.73 Å². The van der Waals surface area contributed by atoms with E-state index in [1.165, 1.54) is 0 Å². The van der Waals surface area contributed by atoms with Gasteiger partial charge in [0, 0.05) is 6.61 Å². The molecule has 1 unspecified atom stereocenters. The lowest BCUT2D eigenvalue weighted by atomic mass is 10.3. The van der Waals surface area contributed by atoms with Crippen LogP contribution in [0.4, 0.5) is 8.78 Å². The molecule has 0 aromatic carbocycles. The van der Waals surface area contributed by atoms with Crippen molar-refractivity contribution in [2.45, 2.75) is 19.4 Å². The lowest BCUT2D eigenvalue weighted by molar-refractivity contribution is 0.106. The summed E-state index contributed by atoms with van der Waals surface area (Å²) in [4.78, 5) is 3.43. The Morgan fingerprint density at radius 1 is 1.57 bits per heavy atom. The Kier molecular flexibility index (Phi) is 3.90. The van der Waals surface area contributed by atoms with Crippen molar-refractivity contribution in [3.8, 4) is 0 Å². The van der Waals surface area contributed by atoms with Crippen LogP contribution in [0.2, 0.25) is 0 Å². The molecule has 80 valence electrons. The molecule has 14 heavy (non-hydrogen) atoms. The van der Waals surface area contributed by atoms with Crippen LogP contribution in [0.25, 0.3) is 0 Å². The zero-order valence-electron chi connectivity index (χ0n) is 7.61. The summed E-state index contributed by atoms with van der Waals surface area (Å²) in [6.45, 7) is 2.47. The predicted molar refractivity (Wildman–Crippen MR) is 42.7 cm³/mol. The molecule has 1 aromatic heterocycles. The Morgan fingerprint density at radius 3 is 2.79 bits per heavy atom. The maximum Gasteiger partial charge on any atom is 0.315 e. The molecule has 0 saturated heterocycles. The minimum Gasteiger partial charge on any atom is -0.380 e. The first kappa shape index (κ1) is 11.0. The summed E-state index contributed by atoms with van der Waals surface area (Å²) >= 11 is 0. The highest BCUT2D eigenvalue weighted by atomic mass is 19.3. The molecule has 0 aliphatic heterocycles. The minimum absolute atomic E-state index is 0.0359. The van der Waals surface area contributed by atoms with E-state index in [4.69, 9.17) is 10.5 Å². The Hall–Kier alpha value is -1.08. The summed E-state index contributed by atoms with van der Waals surface area (Å²) in [6.07, 6.45) is -2.77. The van der Waals surface area contributed by atoms with Crippen molar-refractivity contribution < 1.29 is 18.0 Å². The Balaban J connectivity index is 2.57. The monoisotopic (exact) mass is 207 g/mol. The third-order valence-corrected chi connectivity index (χ3v) is 1.48. The first-order valence-corrected chi connectivity index (χ1v) is 4.10. The van der Waals surface area contributed by atoms with Crippen molar-refractivity contribution in [3.05, 3.63) is 11.7 Å². The van der Waals surface area contributed by atoms with E-state index in [2.05, 4.69) is 14.7 Å². The Morgan fingerprint density at radius 2 is 2.29 bits per heavy atom. The fourth-order valence-electron chi connectivity index (χ4n) is 0.806. The van der Waals surface area contributed by atoms with Gasteiger partial charge in [-0.15, -0.1) is 0 Å². The summed E-state index contributed by atoms with van der Waals surface area (Å²) in [5.41, 5.74) is 5.54. The van der Waals surface area contributed by atoms with Gasteiger partial charge in [0.25, 0.3) is 5.89 Å². The van der Waals surface area contributed by atoms with Crippen molar-refractivity contribution in [1.82, 2.24) is 10.1 Å². The van der Waals surface area contributed by atoms with Crippen LogP contribution in [-0.4, -0.2) is 23.4 Å². The predicted octanol–water partition coefficient (Wildman–Crippen LogP) is 1.04. The van der Waals surface area contributed by atoms with Crippen molar-refractivity contribution >= 4 is 0 Å². The van der Waals surface area contributed by atoms with Crippen LogP contribution in [-0.2, 0) is 4.74 Å². The number of halogens is 2. The molecule has 0 saturated carbocycles. The average molecular weight is 207 g/mol. The van der Waals surface area contributed by atoms with Crippen molar-refractivity contribution in [3.63, 3.8) is 0 Å². The van der Waals surface area contributed by atoms with E-state index in [-0.39, 0.29) is 12.4 Å². The first-order chi connectivity index (χ1) is 6.65. The molecule has 1 aromatic rings. The fourth-order valence-corrected chi connectivity index (χ4v) is 0.806. The van der Waals surface area contributed by atoms with E-state index < -0.39 is 18.4 Å². The molecular formula is C7H11F2N3O2. The number of alkyl halides is 2. The number of hydrogen-bond donors (Lipinski definition) is 1. The molecule has 5 nitrogen and oxygen atoms in total. The minimum atomic E-state index is -2.77. The van der Waals surface area contributed by atoms with Crippen LogP contribution in [0.3, 0.4) is 0 Å². The molecule has 0 spiro atoms. The zero-order chi connectivity index (χ0) is 10.6. The SMILES string of the molecule is CCOCC(N)c1noc(C(F)F)n1. The second-order valence-electron chi connectivity index (χ2n) is 2.56. The number of rotatable bonds is 5. The Bertz CT molecular complexity index is 280. The van der Waals surface area contributed by atoms with Gasteiger partial charge in [-0.1, -0.05) is 5.16 Å². The number of nitrogens with two attached hydrogens (primary N) is 1. The summed E-state index contributed by atoms with van der Waals surface area (Å²) in [7, 11) is 0. The average Bonchev–Trinajstić information content (AvgIpc) is 2.62. The van der Waals surface area contributed by atoms with Gasteiger partial charge in [0.1, 0.15) is 0 Å². The first-order valence-electron chi connectivity index (χ1n) is 4.10. The van der Waals surface area contributed by atoms with Crippen LogP contribution >= 0.6 is 0 Å². The van der Waals surface area contributed by atoms with Gasteiger partial charge in [-0.25, -0.2) is 0 Å². The van der Waals surface area contributed by atoms with Gasteiger partial charge in [0.05, 0.1) is 12.6 Å². The van der Waals surface area contributed by atoms with Gasteiger partial charge < -0.3 is 15.0 Å². The quantitative estimate of drug-likeness (QED) is 0.780. The second kappa shape index (κ2) is 4.97. The lowest BCUT2D eigenvalue weighted by Gasteiger charge is -2.05. The van der Waals surface area contributed by atoms with E-state index in [0.717, 1.165) is 0 Å². The van der Waals surface area contributed by atoms with Crippen molar-refractivity contribution in [2.24, 2.45) is 5.73 Å². The summed E-state index contributed by atoms with van der Waals surface area (Å²) in [5, 5.41) is 3.32. The zero-order valence-corrected chi connectivity index (χ0v) is 7.61. The summed E-state index contributed by atoms with van der Waals surface area (Å²) in [6, 6.07) is -0.633. The molecule has 1 atom stereocenters. The number of nitrogens with zero attached hydrogens (tertiary/aromatic N) is 2. The standard InChI is InChI=1S/C7H11F2N3O2/c1-2-13-3-4(10)6-11-7(5(8)9)14-12-6/h4-5H,2-3,10H2,1H3. The molecule has 0 aliphatic carbocycles. The highest BCUT2D eigenvalue weighted by Crippen LogP contribution is 2.17. The molecule has 0 bridgehead atoms. The van der Waals surface area contributed by atoms with E-state index in [9.17, 15) is 8.78 Å². The second-order valence-corrected chi connectivity index (χ2v) is 2.56. The van der Waals surface area contributed by atoms with Crippen LogP contribution in [0.1, 0.15) is 31.1 Å². The van der Waals surface area contributed by atoms with Crippen molar-refractivity contribution in [1.29, 1.82) is 0 Å². The molecule has 7 heteroatoms. The fraction of sp³-hybridized carbons (Fsp3) is 0.714. The molecule has 1 heterocycles. The van der Waals surface area contributed by atoms with Gasteiger partial charge in [-0.05, 0) is 6.92 Å². The van der Waals surface area contributed by atoms with E-state index in [0.29, 0.717) is 6.61 Å². The van der Waals surface area contributed by atoms with Gasteiger partial charge in [0.15, 0.2) is 5.82 Å². The summed E-state index contributed by atoms with van der Waals surface area (Å²) in [5.74, 6) is -0.680. The maximum absolute atomic E-state index is 12.0. The third kappa shape index (κ3) is 2.71. The van der Waals surface area contributed by atoms with Gasteiger partial charge >= 0.3 is 6.43 Å². The van der Waals surface area contributed by atoms with Gasteiger partial charge in [0.2, 0.25) is 0 Å². The van der Waals surface area contributed by atoms with Gasteiger partial charge in [-0.3, -0.25) is 0 Å². The molecule has 0 aliphatic rings. The molecule has 0 amide bonds. The summed E-state index contributed by atoms with van der Waals surface area (Å²) < 4.78 is 33.3. The molecule has 0 fully saturated rings. The van der Waals surface area contributed by atoms with Crippen LogP contribution in [0.15, 0.2) is 4.52 Å². The van der Waals surface area contributed by atoms with E-state index >= 15 is 0 Å². The Labute approximate surface area is 79.2 Å². The molecule has 2 N–H and O–H groups in total. The van der Waals surface area contributed by atoms with Crippen molar-refractivity contribution in [2.75, 3.05) is 13.2 Å². The highest BCUT2D eigenvalue weighted by molar-refractivity contribution is 4.93. The topological polar surface area (TPSA) is 74.2 Å². The molecule has 0 radical (unpaired) electrons. The third-order valence-electron chi connectivity index (χ3n) is 1.48. The van der Waals surface area contributed by atoms with E-state index in [1.54, 1.807) is 6.92 Å². The van der Waals surface area contributed by atoms with Crippen LogP contribution in [0, 0.1) is 0 Å². The van der Waals surface area contributed by atoms with Crippen LogP contribution in [0.5, 0.6) is 0 Å². The number of aromatic nitrogens is 2. The highest BCUT2D eigenvalue weighted by Gasteiger charge is 2.19. The molecular weight excluding hydrogens is 196 g/mol. The van der Waals surface area contributed by atoms with Gasteiger partial charge in [-0.2, -0.15) is 13.8 Å². The maximum atomic E-state index is 12.0. The largest absolute Gasteiger partial charge is 0.380 e. The molecule has 1 rings (SSSR count). The number of hydrogen-bond acceptors (Lipinski definition) is 5. The lowest BCUT2D eigenvalue weighted by Crippen LogP contribution is -2.18. The smallest absolute Gasteiger partial charge is 0.315 e.